The van der Waals surface area contributed by atoms with Crippen LogP contribution in [0.5, 0.6) is 0 Å². The molecule has 8 heavy (non-hydrogen) atoms. The number of hydroxylamine groups is 1. The number of rotatable bonds is 3. The molecular weight excluding hydrogens is 165 g/mol. The van der Waals surface area contributed by atoms with Crippen LogP contribution in [0, 0.1) is 0 Å². The number of hydrogen-bond donors (Lipinski definition) is 2. The summed E-state index contributed by atoms with van der Waals surface area (Å²) in [5.74, 6) is 0. The summed E-state index contributed by atoms with van der Waals surface area (Å²) in [7, 11) is 2.93. The maximum Gasteiger partial charge on any atom is 0.0938 e. The molecule has 0 aromatic rings. The van der Waals surface area contributed by atoms with Crippen molar-refractivity contribution in [3.63, 3.8) is 0 Å². The molecule has 0 bridgehead atoms. The third-order valence-corrected chi connectivity index (χ3v) is 4.78. The lowest BCUT2D eigenvalue weighted by atomic mass is 11.6. The monoisotopic (exact) mass is 173 g/mol. The summed E-state index contributed by atoms with van der Waals surface area (Å²) in [5, 5.41) is 8.48. The fraction of sp³-hybridized carbons (Fsp3) is 1.00. The first-order valence-electron chi connectivity index (χ1n) is 1.83. The van der Waals surface area contributed by atoms with Gasteiger partial charge in [-0.2, -0.15) is 0 Å². The topological polar surface area (TPSA) is 43.7 Å². The van der Waals surface area contributed by atoms with E-state index in [2.05, 4.69) is 0 Å². The van der Waals surface area contributed by atoms with E-state index < -0.39 is 7.35 Å². The molecule has 0 saturated heterocycles. The van der Waals surface area contributed by atoms with E-state index in [9.17, 15) is 0 Å². The first-order valence-corrected chi connectivity index (χ1v) is 6.28. The van der Waals surface area contributed by atoms with Crippen LogP contribution < -0.4 is 0 Å². The van der Waals surface area contributed by atoms with Gasteiger partial charge in [-0.15, -0.1) is 4.47 Å². The standard InChI is InChI=1S/C2H8NO2PS2/c1-3(4)7-8-6(2)5/h4-5H,1-2H3. The minimum Gasteiger partial charge on any atom is -0.362 e. The van der Waals surface area contributed by atoms with Crippen molar-refractivity contribution in [2.24, 2.45) is 0 Å². The molecule has 0 fully saturated rings. The van der Waals surface area contributed by atoms with E-state index in [0.717, 1.165) is 15.4 Å². The van der Waals surface area contributed by atoms with E-state index in [1.807, 2.05) is 0 Å². The molecule has 0 aliphatic heterocycles. The third kappa shape index (κ3) is 7.01. The highest BCUT2D eigenvalue weighted by atomic mass is 33.3. The Labute approximate surface area is 57.5 Å². The highest BCUT2D eigenvalue weighted by Crippen LogP contribution is 2.49. The van der Waals surface area contributed by atoms with E-state index in [4.69, 9.17) is 10.1 Å². The molecule has 0 spiro atoms. The summed E-state index contributed by atoms with van der Waals surface area (Å²) < 4.78 is 0.958. The zero-order chi connectivity index (χ0) is 6.57. The Hall–Kier alpha value is 1.01. The average Bonchev–Trinajstić information content (AvgIpc) is 1.61. The van der Waals surface area contributed by atoms with Crippen molar-refractivity contribution in [2.45, 2.75) is 0 Å². The molecule has 0 heterocycles. The van der Waals surface area contributed by atoms with Crippen molar-refractivity contribution < 1.29 is 10.1 Å². The molecular formula is C2H8NO2PS2. The Morgan fingerprint density at radius 2 is 2.12 bits per heavy atom. The average molecular weight is 173 g/mol. The smallest absolute Gasteiger partial charge is 0.0938 e. The first kappa shape index (κ1) is 9.01. The fourth-order valence-electron chi connectivity index (χ4n) is 0.0965. The molecule has 0 amide bonds. The van der Waals surface area contributed by atoms with Gasteiger partial charge in [-0.3, -0.25) is 0 Å². The Bertz CT molecular complexity index is 54.0. The van der Waals surface area contributed by atoms with Crippen molar-refractivity contribution in [3.8, 4) is 0 Å². The highest BCUT2D eigenvalue weighted by molar-refractivity contribution is 8.97. The van der Waals surface area contributed by atoms with Crippen molar-refractivity contribution in [3.05, 3.63) is 0 Å². The highest BCUT2D eigenvalue weighted by Gasteiger charge is 1.98. The summed E-state index contributed by atoms with van der Waals surface area (Å²) in [6.07, 6.45) is 0. The normalized spacial score (nSPS) is 14.6. The Kier molecular flexibility index (Phi) is 5.46. The predicted molar refractivity (Wildman–Crippen MR) is 39.8 cm³/mol. The van der Waals surface area contributed by atoms with Gasteiger partial charge in [0.15, 0.2) is 0 Å². The molecule has 3 nitrogen and oxygen atoms in total. The fourth-order valence-corrected chi connectivity index (χ4v) is 2.60. The van der Waals surface area contributed by atoms with Gasteiger partial charge in [0.05, 0.1) is 7.35 Å². The van der Waals surface area contributed by atoms with E-state index in [0.29, 0.717) is 0 Å². The molecule has 0 aliphatic carbocycles. The molecule has 0 saturated carbocycles. The largest absolute Gasteiger partial charge is 0.362 e. The van der Waals surface area contributed by atoms with Crippen LogP contribution >= 0.6 is 28.7 Å². The van der Waals surface area contributed by atoms with E-state index in [1.165, 1.54) is 17.5 Å². The van der Waals surface area contributed by atoms with Crippen molar-refractivity contribution in [2.75, 3.05) is 13.7 Å². The molecule has 50 valence electrons. The SMILES string of the molecule is CN(O)SSP(C)O. The molecule has 6 heteroatoms. The molecule has 0 rings (SSSR count). The molecule has 0 aromatic heterocycles. The summed E-state index contributed by atoms with van der Waals surface area (Å²) in [5.41, 5.74) is 0. The van der Waals surface area contributed by atoms with Gasteiger partial charge in [-0.25, -0.2) is 0 Å². The zero-order valence-corrected chi connectivity index (χ0v) is 7.13. The van der Waals surface area contributed by atoms with E-state index >= 15 is 0 Å². The third-order valence-electron chi connectivity index (χ3n) is 0.249. The van der Waals surface area contributed by atoms with Crippen molar-refractivity contribution in [1.29, 1.82) is 0 Å². The van der Waals surface area contributed by atoms with Crippen LogP contribution in [0.2, 0.25) is 0 Å². The van der Waals surface area contributed by atoms with E-state index in [-0.39, 0.29) is 0 Å². The molecule has 2 N–H and O–H groups in total. The van der Waals surface area contributed by atoms with Gasteiger partial charge in [-0.1, -0.05) is 0 Å². The molecule has 0 aromatic carbocycles. The lowest BCUT2D eigenvalue weighted by molar-refractivity contribution is 0.0475. The van der Waals surface area contributed by atoms with Crippen molar-refractivity contribution in [1.82, 2.24) is 4.47 Å². The van der Waals surface area contributed by atoms with Crippen LogP contribution in [-0.2, 0) is 0 Å². The summed E-state index contributed by atoms with van der Waals surface area (Å²) in [6, 6.07) is 0. The zero-order valence-electron chi connectivity index (χ0n) is 4.61. The van der Waals surface area contributed by atoms with Crippen LogP contribution in [0.25, 0.3) is 0 Å². The van der Waals surface area contributed by atoms with Gasteiger partial charge >= 0.3 is 0 Å². The van der Waals surface area contributed by atoms with Crippen molar-refractivity contribution >= 4 is 28.7 Å². The summed E-state index contributed by atoms with van der Waals surface area (Å²) in [6.45, 7) is 1.70. The first-order chi connectivity index (χ1) is 3.63. The Morgan fingerprint density at radius 3 is 2.25 bits per heavy atom. The molecule has 1 atom stereocenters. The van der Waals surface area contributed by atoms with Crippen LogP contribution in [-0.4, -0.2) is 28.3 Å². The number of hydrogen-bond acceptors (Lipinski definition) is 5. The maximum atomic E-state index is 8.67. The second-order valence-corrected chi connectivity index (χ2v) is 6.65. The van der Waals surface area contributed by atoms with Crippen LogP contribution in [0.4, 0.5) is 0 Å². The maximum absolute atomic E-state index is 8.67. The predicted octanol–water partition coefficient (Wildman–Crippen LogP) is 1.54. The van der Waals surface area contributed by atoms with Crippen LogP contribution in [0.3, 0.4) is 0 Å². The van der Waals surface area contributed by atoms with Gasteiger partial charge in [0.2, 0.25) is 0 Å². The minimum atomic E-state index is -0.955. The van der Waals surface area contributed by atoms with Gasteiger partial charge in [0.25, 0.3) is 0 Å². The van der Waals surface area contributed by atoms with Crippen LogP contribution in [0.1, 0.15) is 0 Å². The van der Waals surface area contributed by atoms with Gasteiger partial charge in [-0.05, 0) is 17.1 Å². The molecule has 0 radical (unpaired) electrons. The quantitative estimate of drug-likeness (QED) is 0.293. The van der Waals surface area contributed by atoms with Gasteiger partial charge < -0.3 is 10.1 Å². The van der Waals surface area contributed by atoms with E-state index in [1.54, 1.807) is 6.66 Å². The van der Waals surface area contributed by atoms with Gasteiger partial charge in [0.1, 0.15) is 0 Å². The van der Waals surface area contributed by atoms with Crippen LogP contribution in [0.15, 0.2) is 0 Å². The second-order valence-electron chi connectivity index (χ2n) is 1.08. The summed E-state index contributed by atoms with van der Waals surface area (Å²) in [4.78, 5) is 8.67. The second kappa shape index (κ2) is 4.85. The Morgan fingerprint density at radius 1 is 1.62 bits per heavy atom. The molecule has 0 aliphatic rings. The summed E-state index contributed by atoms with van der Waals surface area (Å²) >= 11 is 0. The van der Waals surface area contributed by atoms with Gasteiger partial charge in [0, 0.05) is 18.0 Å². The number of nitrogens with zero attached hydrogens (tertiary/aromatic N) is 1. The lowest BCUT2D eigenvalue weighted by Crippen LogP contribution is -1.96. The molecule has 1 unspecified atom stereocenters. The Balaban J connectivity index is 2.93. The lowest BCUT2D eigenvalue weighted by Gasteiger charge is -2.05. The minimum absolute atomic E-state index is 0.955.